The average molecular weight is 372 g/mol. The molecule has 1 aromatic carbocycles. The number of nitrogens with one attached hydrogen (secondary N) is 1. The Kier molecular flexibility index (Phi) is 5.46. The second kappa shape index (κ2) is 7.11. The molecule has 1 N–H and O–H groups in total. The molecule has 0 spiro atoms. The first-order valence-corrected chi connectivity index (χ1v) is 7.94. The van der Waals surface area contributed by atoms with Crippen LogP contribution in [-0.4, -0.2) is 16.1 Å². The SMILES string of the molecule is CC(Sc1ccc(Br)cc1)C(=O)Nc1ccc(Cl)cn1. The minimum absolute atomic E-state index is 0.0901. The zero-order valence-corrected chi connectivity index (χ0v) is 13.8. The van der Waals surface area contributed by atoms with Gasteiger partial charge in [-0.05, 0) is 43.3 Å². The molecule has 0 fully saturated rings. The van der Waals surface area contributed by atoms with Gasteiger partial charge in [-0.1, -0.05) is 27.5 Å². The van der Waals surface area contributed by atoms with E-state index in [4.69, 9.17) is 11.6 Å². The number of carbonyl (C=O) groups excluding carboxylic acids is 1. The second-order valence-corrected chi connectivity index (χ2v) is 6.83. The van der Waals surface area contributed by atoms with Crippen LogP contribution in [0.1, 0.15) is 6.92 Å². The van der Waals surface area contributed by atoms with Gasteiger partial charge in [0.25, 0.3) is 0 Å². The minimum Gasteiger partial charge on any atom is -0.310 e. The largest absolute Gasteiger partial charge is 0.310 e. The number of carbonyl (C=O) groups is 1. The first-order valence-electron chi connectivity index (χ1n) is 5.89. The van der Waals surface area contributed by atoms with E-state index in [1.807, 2.05) is 31.2 Å². The Bertz CT molecular complexity index is 589. The summed E-state index contributed by atoms with van der Waals surface area (Å²) < 4.78 is 1.02. The van der Waals surface area contributed by atoms with Gasteiger partial charge in [0.15, 0.2) is 0 Å². The summed E-state index contributed by atoms with van der Waals surface area (Å²) in [5.41, 5.74) is 0. The summed E-state index contributed by atoms with van der Waals surface area (Å²) in [6.07, 6.45) is 1.50. The van der Waals surface area contributed by atoms with Crippen LogP contribution in [0.5, 0.6) is 0 Å². The number of hydrogen-bond acceptors (Lipinski definition) is 3. The molecule has 3 nitrogen and oxygen atoms in total. The Hall–Kier alpha value is -1.04. The molecule has 0 aliphatic heterocycles. The van der Waals surface area contributed by atoms with Crippen LogP contribution in [0.25, 0.3) is 0 Å². The quantitative estimate of drug-likeness (QED) is 0.798. The highest BCUT2D eigenvalue weighted by atomic mass is 79.9. The number of halogens is 2. The Labute approximate surface area is 135 Å². The normalized spacial score (nSPS) is 11.9. The van der Waals surface area contributed by atoms with Crippen molar-refractivity contribution in [3.63, 3.8) is 0 Å². The van der Waals surface area contributed by atoms with Gasteiger partial charge in [0.1, 0.15) is 5.82 Å². The number of rotatable bonds is 4. The van der Waals surface area contributed by atoms with Crippen molar-refractivity contribution in [3.8, 4) is 0 Å². The van der Waals surface area contributed by atoms with Crippen LogP contribution in [0.15, 0.2) is 52.0 Å². The smallest absolute Gasteiger partial charge is 0.238 e. The number of pyridine rings is 1. The molecule has 20 heavy (non-hydrogen) atoms. The fraction of sp³-hybridized carbons (Fsp3) is 0.143. The van der Waals surface area contributed by atoms with Crippen LogP contribution >= 0.6 is 39.3 Å². The summed E-state index contributed by atoms with van der Waals surface area (Å²) >= 11 is 10.6. The van der Waals surface area contributed by atoms with E-state index in [0.29, 0.717) is 10.8 Å². The van der Waals surface area contributed by atoms with Gasteiger partial charge in [-0.3, -0.25) is 4.79 Å². The maximum atomic E-state index is 12.1. The Balaban J connectivity index is 1.94. The van der Waals surface area contributed by atoms with E-state index in [2.05, 4.69) is 26.2 Å². The Morgan fingerprint density at radius 3 is 2.60 bits per heavy atom. The molecule has 1 heterocycles. The van der Waals surface area contributed by atoms with Crippen molar-refractivity contribution < 1.29 is 4.79 Å². The molecule has 6 heteroatoms. The van der Waals surface area contributed by atoms with Crippen LogP contribution in [0, 0.1) is 0 Å². The summed E-state index contributed by atoms with van der Waals surface area (Å²) in [6.45, 7) is 1.86. The number of hydrogen-bond donors (Lipinski definition) is 1. The number of amides is 1. The van der Waals surface area contributed by atoms with Crippen LogP contribution in [0.4, 0.5) is 5.82 Å². The van der Waals surface area contributed by atoms with Crippen molar-refractivity contribution in [2.45, 2.75) is 17.1 Å². The predicted molar refractivity (Wildman–Crippen MR) is 87.3 cm³/mol. The minimum atomic E-state index is -0.214. The number of anilines is 1. The highest BCUT2D eigenvalue weighted by Gasteiger charge is 2.14. The molecule has 0 saturated carbocycles. The second-order valence-electron chi connectivity index (χ2n) is 4.06. The van der Waals surface area contributed by atoms with Crippen LogP contribution in [0.3, 0.4) is 0 Å². The molecule has 1 unspecified atom stereocenters. The Morgan fingerprint density at radius 2 is 2.00 bits per heavy atom. The van der Waals surface area contributed by atoms with Crippen molar-refractivity contribution in [2.75, 3.05) is 5.32 Å². The standard InChI is InChI=1S/C14H12BrClN2OS/c1-9(20-12-5-2-10(15)3-6-12)14(19)18-13-7-4-11(16)8-17-13/h2-9H,1H3,(H,17,18,19). The average Bonchev–Trinajstić information content (AvgIpc) is 2.44. The summed E-state index contributed by atoms with van der Waals surface area (Å²) in [4.78, 5) is 17.1. The molecule has 0 saturated heterocycles. The summed E-state index contributed by atoms with van der Waals surface area (Å²) in [5, 5.41) is 3.09. The fourth-order valence-electron chi connectivity index (χ4n) is 1.45. The first kappa shape index (κ1) is 15.4. The molecule has 2 rings (SSSR count). The number of thioether (sulfide) groups is 1. The van der Waals surface area contributed by atoms with Crippen molar-refractivity contribution in [3.05, 3.63) is 52.1 Å². The number of aromatic nitrogens is 1. The lowest BCUT2D eigenvalue weighted by Gasteiger charge is -2.11. The summed E-state index contributed by atoms with van der Waals surface area (Å²) in [7, 11) is 0. The zero-order valence-electron chi connectivity index (χ0n) is 10.6. The maximum Gasteiger partial charge on any atom is 0.238 e. The molecule has 1 atom stereocenters. The lowest BCUT2D eigenvalue weighted by Crippen LogP contribution is -2.22. The van der Waals surface area contributed by atoms with Gasteiger partial charge in [-0.25, -0.2) is 4.98 Å². The third-order valence-electron chi connectivity index (χ3n) is 2.47. The van der Waals surface area contributed by atoms with E-state index >= 15 is 0 Å². The monoisotopic (exact) mass is 370 g/mol. The molecule has 0 radical (unpaired) electrons. The molecule has 0 aliphatic rings. The van der Waals surface area contributed by atoms with Crippen LogP contribution < -0.4 is 5.32 Å². The summed E-state index contributed by atoms with van der Waals surface area (Å²) in [6, 6.07) is 11.2. The van der Waals surface area contributed by atoms with E-state index < -0.39 is 0 Å². The molecule has 104 valence electrons. The Morgan fingerprint density at radius 1 is 1.30 bits per heavy atom. The van der Waals surface area contributed by atoms with Crippen molar-refractivity contribution in [1.82, 2.24) is 4.98 Å². The fourth-order valence-corrected chi connectivity index (χ4v) is 2.69. The molecule has 2 aromatic rings. The highest BCUT2D eigenvalue weighted by Crippen LogP contribution is 2.25. The van der Waals surface area contributed by atoms with Crippen LogP contribution in [0.2, 0.25) is 5.02 Å². The molecule has 0 bridgehead atoms. The molecular weight excluding hydrogens is 360 g/mol. The molecule has 1 aromatic heterocycles. The van der Waals surface area contributed by atoms with Gasteiger partial charge in [0, 0.05) is 15.6 Å². The third-order valence-corrected chi connectivity index (χ3v) is 4.34. The molecular formula is C14H12BrClN2OS. The first-order chi connectivity index (χ1) is 9.54. The number of nitrogens with zero attached hydrogens (tertiary/aromatic N) is 1. The van der Waals surface area contributed by atoms with Gasteiger partial charge in [-0.15, -0.1) is 11.8 Å². The lowest BCUT2D eigenvalue weighted by atomic mass is 10.4. The van der Waals surface area contributed by atoms with Gasteiger partial charge < -0.3 is 5.32 Å². The van der Waals surface area contributed by atoms with Crippen molar-refractivity contribution >= 4 is 51.0 Å². The van der Waals surface area contributed by atoms with Crippen molar-refractivity contribution in [1.29, 1.82) is 0 Å². The third kappa shape index (κ3) is 4.51. The topological polar surface area (TPSA) is 42.0 Å². The lowest BCUT2D eigenvalue weighted by molar-refractivity contribution is -0.115. The van der Waals surface area contributed by atoms with E-state index in [-0.39, 0.29) is 11.2 Å². The number of benzene rings is 1. The summed E-state index contributed by atoms with van der Waals surface area (Å²) in [5.74, 6) is 0.412. The van der Waals surface area contributed by atoms with Crippen LogP contribution in [-0.2, 0) is 4.79 Å². The van der Waals surface area contributed by atoms with Gasteiger partial charge in [-0.2, -0.15) is 0 Å². The van der Waals surface area contributed by atoms with E-state index in [0.717, 1.165) is 9.37 Å². The zero-order chi connectivity index (χ0) is 14.5. The molecule has 1 amide bonds. The van der Waals surface area contributed by atoms with Gasteiger partial charge >= 0.3 is 0 Å². The van der Waals surface area contributed by atoms with Crippen molar-refractivity contribution in [2.24, 2.45) is 0 Å². The molecule has 0 aliphatic carbocycles. The van der Waals surface area contributed by atoms with Gasteiger partial charge in [0.2, 0.25) is 5.91 Å². The predicted octanol–water partition coefficient (Wildman–Crippen LogP) is 4.62. The van der Waals surface area contributed by atoms with E-state index in [1.54, 1.807) is 12.1 Å². The maximum absolute atomic E-state index is 12.1. The van der Waals surface area contributed by atoms with Gasteiger partial charge in [0.05, 0.1) is 10.3 Å². The van der Waals surface area contributed by atoms with E-state index in [1.165, 1.54) is 18.0 Å². The highest BCUT2D eigenvalue weighted by molar-refractivity contribution is 9.10. The van der Waals surface area contributed by atoms with E-state index in [9.17, 15) is 4.79 Å².